The van der Waals surface area contributed by atoms with Crippen LogP contribution in [-0.4, -0.2) is 28.7 Å². The first kappa shape index (κ1) is 11.5. The molecule has 0 amide bonds. The Labute approximate surface area is 97.4 Å². The highest BCUT2D eigenvalue weighted by Gasteiger charge is 2.25. The number of aromatic nitrogens is 2. The normalized spacial score (nSPS) is 26.1. The van der Waals surface area contributed by atoms with E-state index in [2.05, 4.69) is 41.5 Å². The zero-order valence-corrected chi connectivity index (χ0v) is 10.5. The standard InChI is InChI=1S/C12H22N4/c1-4-10-8-15(3)12(14-10)16-6-5-11(13)9(2)7-16/h8-9,11H,4-7,13H2,1-3H3. The van der Waals surface area contributed by atoms with E-state index in [4.69, 9.17) is 5.73 Å². The Balaban J connectivity index is 2.15. The van der Waals surface area contributed by atoms with Gasteiger partial charge in [-0.1, -0.05) is 13.8 Å². The van der Waals surface area contributed by atoms with E-state index < -0.39 is 0 Å². The molecule has 0 spiro atoms. The Hall–Kier alpha value is -1.03. The highest BCUT2D eigenvalue weighted by molar-refractivity contribution is 5.34. The lowest BCUT2D eigenvalue weighted by Gasteiger charge is -2.35. The summed E-state index contributed by atoms with van der Waals surface area (Å²) in [5.41, 5.74) is 7.20. The highest BCUT2D eigenvalue weighted by Crippen LogP contribution is 2.21. The van der Waals surface area contributed by atoms with Gasteiger partial charge in [-0.05, 0) is 18.8 Å². The first-order valence-corrected chi connectivity index (χ1v) is 6.14. The quantitative estimate of drug-likeness (QED) is 0.816. The lowest BCUT2D eigenvalue weighted by molar-refractivity contribution is 0.378. The summed E-state index contributed by atoms with van der Waals surface area (Å²) in [4.78, 5) is 7.01. The fraction of sp³-hybridized carbons (Fsp3) is 0.750. The monoisotopic (exact) mass is 222 g/mol. The van der Waals surface area contributed by atoms with Crippen molar-refractivity contribution in [3.05, 3.63) is 11.9 Å². The van der Waals surface area contributed by atoms with Crippen LogP contribution in [0.3, 0.4) is 0 Å². The molecule has 1 aliphatic heterocycles. The summed E-state index contributed by atoms with van der Waals surface area (Å²) in [6, 6.07) is 0.349. The van der Waals surface area contributed by atoms with Crippen molar-refractivity contribution in [2.45, 2.75) is 32.7 Å². The minimum absolute atomic E-state index is 0.349. The fourth-order valence-electron chi connectivity index (χ4n) is 2.33. The van der Waals surface area contributed by atoms with E-state index in [0.717, 1.165) is 31.9 Å². The van der Waals surface area contributed by atoms with Crippen LogP contribution >= 0.6 is 0 Å². The van der Waals surface area contributed by atoms with Crippen LogP contribution in [0.5, 0.6) is 0 Å². The van der Waals surface area contributed by atoms with Crippen LogP contribution in [0.2, 0.25) is 0 Å². The van der Waals surface area contributed by atoms with E-state index in [1.165, 1.54) is 5.69 Å². The molecule has 16 heavy (non-hydrogen) atoms. The van der Waals surface area contributed by atoms with Crippen LogP contribution in [0.4, 0.5) is 5.95 Å². The molecule has 90 valence electrons. The van der Waals surface area contributed by atoms with Crippen molar-refractivity contribution >= 4 is 5.95 Å². The van der Waals surface area contributed by atoms with Gasteiger partial charge >= 0.3 is 0 Å². The second-order valence-electron chi connectivity index (χ2n) is 4.87. The van der Waals surface area contributed by atoms with Crippen LogP contribution in [0.15, 0.2) is 6.20 Å². The zero-order chi connectivity index (χ0) is 11.7. The van der Waals surface area contributed by atoms with Gasteiger partial charge in [-0.3, -0.25) is 0 Å². The molecular formula is C12H22N4. The van der Waals surface area contributed by atoms with Crippen molar-refractivity contribution in [3.63, 3.8) is 0 Å². The van der Waals surface area contributed by atoms with E-state index in [1.54, 1.807) is 0 Å². The molecule has 0 saturated carbocycles. The predicted octanol–water partition coefficient (Wildman–Crippen LogP) is 1.16. The number of imidazole rings is 1. The first-order valence-electron chi connectivity index (χ1n) is 6.14. The third-order valence-electron chi connectivity index (χ3n) is 3.52. The lowest BCUT2D eigenvalue weighted by Crippen LogP contribution is -2.46. The molecule has 0 bridgehead atoms. The second kappa shape index (κ2) is 4.45. The summed E-state index contributed by atoms with van der Waals surface area (Å²) >= 11 is 0. The molecule has 4 nitrogen and oxygen atoms in total. The van der Waals surface area contributed by atoms with Crippen molar-refractivity contribution in [3.8, 4) is 0 Å². The van der Waals surface area contributed by atoms with Gasteiger partial charge in [0.05, 0.1) is 5.69 Å². The maximum atomic E-state index is 6.03. The third kappa shape index (κ3) is 2.07. The average molecular weight is 222 g/mol. The number of nitrogens with two attached hydrogens (primary N) is 1. The summed E-state index contributed by atoms with van der Waals surface area (Å²) in [6.07, 6.45) is 4.18. The number of aryl methyl sites for hydroxylation is 2. The number of hydrogen-bond donors (Lipinski definition) is 1. The molecule has 2 unspecified atom stereocenters. The number of anilines is 1. The van der Waals surface area contributed by atoms with Gasteiger partial charge in [-0.2, -0.15) is 0 Å². The molecule has 1 fully saturated rings. The molecular weight excluding hydrogens is 200 g/mol. The molecule has 0 aromatic carbocycles. The molecule has 2 atom stereocenters. The first-order chi connectivity index (χ1) is 7.61. The number of hydrogen-bond acceptors (Lipinski definition) is 3. The molecule has 2 heterocycles. The third-order valence-corrected chi connectivity index (χ3v) is 3.52. The van der Waals surface area contributed by atoms with Crippen LogP contribution < -0.4 is 10.6 Å². The van der Waals surface area contributed by atoms with E-state index in [0.29, 0.717) is 12.0 Å². The second-order valence-corrected chi connectivity index (χ2v) is 4.87. The predicted molar refractivity (Wildman–Crippen MR) is 66.6 cm³/mol. The number of piperidine rings is 1. The van der Waals surface area contributed by atoms with Gasteiger partial charge in [0.1, 0.15) is 0 Å². The van der Waals surface area contributed by atoms with Gasteiger partial charge in [0, 0.05) is 32.4 Å². The Bertz CT molecular complexity index is 358. The van der Waals surface area contributed by atoms with Crippen molar-refractivity contribution in [1.82, 2.24) is 9.55 Å². The maximum absolute atomic E-state index is 6.03. The van der Waals surface area contributed by atoms with E-state index in [1.807, 2.05) is 0 Å². The van der Waals surface area contributed by atoms with Crippen LogP contribution in [0.25, 0.3) is 0 Å². The molecule has 1 aromatic heterocycles. The van der Waals surface area contributed by atoms with Gasteiger partial charge in [-0.25, -0.2) is 4.98 Å². The van der Waals surface area contributed by atoms with Gasteiger partial charge < -0.3 is 15.2 Å². The molecule has 1 aromatic rings. The molecule has 1 saturated heterocycles. The van der Waals surface area contributed by atoms with E-state index >= 15 is 0 Å². The molecule has 2 N–H and O–H groups in total. The Morgan fingerprint density at radius 1 is 1.56 bits per heavy atom. The summed E-state index contributed by atoms with van der Waals surface area (Å²) in [7, 11) is 2.07. The Morgan fingerprint density at radius 3 is 2.88 bits per heavy atom. The molecule has 0 aliphatic carbocycles. The SMILES string of the molecule is CCc1cn(C)c(N2CCC(N)C(C)C2)n1. The smallest absolute Gasteiger partial charge is 0.205 e. The van der Waals surface area contributed by atoms with Gasteiger partial charge in [0.25, 0.3) is 0 Å². The molecule has 1 aliphatic rings. The minimum Gasteiger partial charge on any atom is -0.342 e. The highest BCUT2D eigenvalue weighted by atomic mass is 15.3. The van der Waals surface area contributed by atoms with Crippen LogP contribution in [-0.2, 0) is 13.5 Å². The summed E-state index contributed by atoms with van der Waals surface area (Å²) < 4.78 is 2.13. The Morgan fingerprint density at radius 2 is 2.31 bits per heavy atom. The summed E-state index contributed by atoms with van der Waals surface area (Å²) in [5, 5.41) is 0. The lowest BCUT2D eigenvalue weighted by atomic mass is 9.95. The van der Waals surface area contributed by atoms with Crippen molar-refractivity contribution in [1.29, 1.82) is 0 Å². The summed E-state index contributed by atoms with van der Waals surface area (Å²) in [6.45, 7) is 6.41. The summed E-state index contributed by atoms with van der Waals surface area (Å²) in [5.74, 6) is 1.64. The van der Waals surface area contributed by atoms with Crippen molar-refractivity contribution < 1.29 is 0 Å². The number of rotatable bonds is 2. The van der Waals surface area contributed by atoms with Crippen LogP contribution in [0, 0.1) is 5.92 Å². The van der Waals surface area contributed by atoms with Gasteiger partial charge in [0.15, 0.2) is 0 Å². The van der Waals surface area contributed by atoms with Crippen LogP contribution in [0.1, 0.15) is 26.0 Å². The molecule has 0 radical (unpaired) electrons. The largest absolute Gasteiger partial charge is 0.342 e. The van der Waals surface area contributed by atoms with E-state index in [-0.39, 0.29) is 0 Å². The minimum atomic E-state index is 0.349. The molecule has 2 rings (SSSR count). The van der Waals surface area contributed by atoms with Gasteiger partial charge in [0.2, 0.25) is 5.95 Å². The van der Waals surface area contributed by atoms with Crippen molar-refractivity contribution in [2.75, 3.05) is 18.0 Å². The van der Waals surface area contributed by atoms with E-state index in [9.17, 15) is 0 Å². The average Bonchev–Trinajstić information content (AvgIpc) is 2.64. The zero-order valence-electron chi connectivity index (χ0n) is 10.5. The van der Waals surface area contributed by atoms with Gasteiger partial charge in [-0.15, -0.1) is 0 Å². The Kier molecular flexibility index (Phi) is 3.19. The fourth-order valence-corrected chi connectivity index (χ4v) is 2.33. The number of nitrogens with zero attached hydrogens (tertiary/aromatic N) is 3. The maximum Gasteiger partial charge on any atom is 0.205 e. The van der Waals surface area contributed by atoms with Crippen molar-refractivity contribution in [2.24, 2.45) is 18.7 Å². The topological polar surface area (TPSA) is 47.1 Å². The molecule has 4 heteroatoms.